The van der Waals surface area contributed by atoms with Crippen molar-refractivity contribution < 1.29 is 27.5 Å². The predicted molar refractivity (Wildman–Crippen MR) is 87.8 cm³/mol. The second-order valence-electron chi connectivity index (χ2n) is 5.87. The second-order valence-corrected chi connectivity index (χ2v) is 5.87. The highest BCUT2D eigenvalue weighted by Crippen LogP contribution is 2.29. The molecule has 138 valence electrons. The first-order valence-corrected chi connectivity index (χ1v) is 8.27. The van der Waals surface area contributed by atoms with E-state index in [1.54, 1.807) is 11.4 Å². The van der Waals surface area contributed by atoms with Gasteiger partial charge in [0, 0.05) is 18.8 Å². The first-order valence-electron chi connectivity index (χ1n) is 8.27. The van der Waals surface area contributed by atoms with Gasteiger partial charge in [-0.25, -0.2) is 4.79 Å². The Hall–Kier alpha value is -2.25. The molecule has 1 aromatic rings. The van der Waals surface area contributed by atoms with E-state index in [0.717, 1.165) is 32.4 Å². The second kappa shape index (κ2) is 8.22. The SMILES string of the molecule is CCCOC(=O)c1cc(NC(=O)C(F)(F)F)ccc1N1CCCCC1. The molecule has 5 nitrogen and oxygen atoms in total. The van der Waals surface area contributed by atoms with Crippen LogP contribution in [0.4, 0.5) is 24.5 Å². The molecule has 0 atom stereocenters. The van der Waals surface area contributed by atoms with E-state index in [4.69, 9.17) is 4.74 Å². The fraction of sp³-hybridized carbons (Fsp3) is 0.529. The third kappa shape index (κ3) is 5.11. The van der Waals surface area contributed by atoms with E-state index < -0.39 is 18.1 Å². The standard InChI is InChI=1S/C17H21F3N2O3/c1-2-10-25-15(23)13-11-12(21-16(24)17(18,19)20)6-7-14(13)22-8-4-3-5-9-22/h6-7,11H,2-5,8-10H2,1H3,(H,21,24). The number of alkyl halides is 3. The molecule has 1 amide bonds. The van der Waals surface area contributed by atoms with E-state index in [0.29, 0.717) is 12.1 Å². The number of hydrogen-bond donors (Lipinski definition) is 1. The first-order chi connectivity index (χ1) is 11.8. The van der Waals surface area contributed by atoms with Crippen molar-refractivity contribution in [3.63, 3.8) is 0 Å². The van der Waals surface area contributed by atoms with Crippen LogP contribution >= 0.6 is 0 Å². The normalized spacial score (nSPS) is 15.0. The van der Waals surface area contributed by atoms with Gasteiger partial charge < -0.3 is 15.0 Å². The molecule has 0 radical (unpaired) electrons. The zero-order chi connectivity index (χ0) is 18.4. The number of ether oxygens (including phenoxy) is 1. The molecule has 1 aliphatic rings. The predicted octanol–water partition coefficient (Wildman–Crippen LogP) is 3.74. The van der Waals surface area contributed by atoms with Gasteiger partial charge in [-0.05, 0) is 43.9 Å². The van der Waals surface area contributed by atoms with Crippen molar-refractivity contribution >= 4 is 23.3 Å². The Labute approximate surface area is 144 Å². The van der Waals surface area contributed by atoms with Crippen LogP contribution in [0.3, 0.4) is 0 Å². The number of amides is 1. The van der Waals surface area contributed by atoms with Crippen LogP contribution in [0, 0.1) is 0 Å². The number of nitrogens with zero attached hydrogens (tertiary/aromatic N) is 1. The number of carbonyl (C=O) groups excluding carboxylic acids is 2. The quantitative estimate of drug-likeness (QED) is 0.815. The molecule has 0 bridgehead atoms. The molecule has 0 spiro atoms. The molecule has 0 aromatic heterocycles. The lowest BCUT2D eigenvalue weighted by Crippen LogP contribution is -2.32. The van der Waals surface area contributed by atoms with Gasteiger partial charge in [-0.2, -0.15) is 13.2 Å². The Morgan fingerprint density at radius 1 is 1.20 bits per heavy atom. The summed E-state index contributed by atoms with van der Waals surface area (Å²) in [5.74, 6) is -2.68. The molecule has 2 rings (SSSR count). The molecule has 0 unspecified atom stereocenters. The van der Waals surface area contributed by atoms with Crippen molar-refractivity contribution in [2.75, 3.05) is 29.9 Å². The monoisotopic (exact) mass is 358 g/mol. The molecule has 0 aliphatic carbocycles. The summed E-state index contributed by atoms with van der Waals surface area (Å²) < 4.78 is 42.4. The number of hydrogen-bond acceptors (Lipinski definition) is 4. The number of piperidine rings is 1. The van der Waals surface area contributed by atoms with Gasteiger partial charge in [0.25, 0.3) is 0 Å². The molecule has 25 heavy (non-hydrogen) atoms. The minimum absolute atomic E-state index is 0.0912. The van der Waals surface area contributed by atoms with E-state index in [2.05, 4.69) is 0 Å². The van der Waals surface area contributed by atoms with Crippen molar-refractivity contribution in [1.82, 2.24) is 0 Å². The molecule has 1 aromatic carbocycles. The summed E-state index contributed by atoms with van der Waals surface area (Å²) in [6.07, 6.45) is -1.29. The third-order valence-corrected chi connectivity index (χ3v) is 3.87. The summed E-state index contributed by atoms with van der Waals surface area (Å²) in [6.45, 7) is 3.60. The van der Waals surface area contributed by atoms with Crippen LogP contribution in [0.15, 0.2) is 18.2 Å². The fourth-order valence-corrected chi connectivity index (χ4v) is 2.66. The molecule has 1 heterocycles. The smallest absolute Gasteiger partial charge is 0.462 e. The maximum atomic E-state index is 12.4. The Kier molecular flexibility index (Phi) is 6.27. The van der Waals surface area contributed by atoms with Gasteiger partial charge in [0.1, 0.15) is 0 Å². The highest BCUT2D eigenvalue weighted by molar-refractivity contribution is 6.00. The van der Waals surface area contributed by atoms with Crippen LogP contribution in [-0.4, -0.2) is 37.7 Å². The van der Waals surface area contributed by atoms with Gasteiger partial charge in [0.2, 0.25) is 0 Å². The molecule has 8 heteroatoms. The summed E-state index contributed by atoms with van der Waals surface area (Å²) in [6, 6.07) is 4.16. The van der Waals surface area contributed by atoms with Crippen LogP contribution < -0.4 is 10.2 Å². The van der Waals surface area contributed by atoms with Gasteiger partial charge in [0.15, 0.2) is 0 Å². The number of esters is 1. The van der Waals surface area contributed by atoms with Gasteiger partial charge in [-0.3, -0.25) is 4.79 Å². The van der Waals surface area contributed by atoms with E-state index in [1.807, 2.05) is 11.8 Å². The molecule has 1 saturated heterocycles. The van der Waals surface area contributed by atoms with E-state index in [1.165, 1.54) is 12.1 Å². The number of rotatable bonds is 5. The van der Waals surface area contributed by atoms with E-state index >= 15 is 0 Å². The van der Waals surface area contributed by atoms with Crippen LogP contribution in [-0.2, 0) is 9.53 Å². The summed E-state index contributed by atoms with van der Waals surface area (Å²) in [4.78, 5) is 25.4. The topological polar surface area (TPSA) is 58.6 Å². The average Bonchev–Trinajstić information content (AvgIpc) is 2.59. The molecular formula is C17H21F3N2O3. The molecule has 1 N–H and O–H groups in total. The lowest BCUT2D eigenvalue weighted by Gasteiger charge is -2.30. The Morgan fingerprint density at radius 3 is 2.48 bits per heavy atom. The summed E-state index contributed by atoms with van der Waals surface area (Å²) in [5, 5.41) is 1.77. The number of carbonyl (C=O) groups is 2. The van der Waals surface area contributed by atoms with Crippen molar-refractivity contribution in [2.24, 2.45) is 0 Å². The zero-order valence-corrected chi connectivity index (χ0v) is 14.0. The van der Waals surface area contributed by atoms with Gasteiger partial charge in [0.05, 0.1) is 17.9 Å². The summed E-state index contributed by atoms with van der Waals surface area (Å²) in [5.41, 5.74) is 0.688. The fourth-order valence-electron chi connectivity index (χ4n) is 2.66. The highest BCUT2D eigenvalue weighted by Gasteiger charge is 2.38. The maximum absolute atomic E-state index is 12.4. The third-order valence-electron chi connectivity index (χ3n) is 3.87. The number of nitrogens with one attached hydrogen (secondary N) is 1. The number of halogens is 3. The van der Waals surface area contributed by atoms with Crippen molar-refractivity contribution in [3.8, 4) is 0 Å². The Morgan fingerprint density at radius 2 is 1.88 bits per heavy atom. The molecule has 1 fully saturated rings. The highest BCUT2D eigenvalue weighted by atomic mass is 19.4. The van der Waals surface area contributed by atoms with Crippen molar-refractivity contribution in [2.45, 2.75) is 38.8 Å². The average molecular weight is 358 g/mol. The number of anilines is 2. The Balaban J connectivity index is 2.29. The summed E-state index contributed by atoms with van der Waals surface area (Å²) in [7, 11) is 0. The van der Waals surface area contributed by atoms with Crippen LogP contribution in [0.5, 0.6) is 0 Å². The number of benzene rings is 1. The first kappa shape index (κ1) is 19.1. The van der Waals surface area contributed by atoms with E-state index in [9.17, 15) is 22.8 Å². The Bertz CT molecular complexity index is 626. The van der Waals surface area contributed by atoms with Crippen LogP contribution in [0.25, 0.3) is 0 Å². The molecule has 0 saturated carbocycles. The summed E-state index contributed by atoms with van der Waals surface area (Å²) >= 11 is 0. The minimum Gasteiger partial charge on any atom is -0.462 e. The van der Waals surface area contributed by atoms with Gasteiger partial charge in [-0.15, -0.1) is 0 Å². The van der Waals surface area contributed by atoms with E-state index in [-0.39, 0.29) is 17.9 Å². The van der Waals surface area contributed by atoms with Crippen molar-refractivity contribution in [3.05, 3.63) is 23.8 Å². The largest absolute Gasteiger partial charge is 0.471 e. The molecular weight excluding hydrogens is 337 g/mol. The van der Waals surface area contributed by atoms with Crippen molar-refractivity contribution in [1.29, 1.82) is 0 Å². The van der Waals surface area contributed by atoms with Crippen LogP contribution in [0.2, 0.25) is 0 Å². The van der Waals surface area contributed by atoms with Gasteiger partial charge in [-0.1, -0.05) is 6.92 Å². The zero-order valence-electron chi connectivity index (χ0n) is 14.0. The minimum atomic E-state index is -4.99. The van der Waals surface area contributed by atoms with Gasteiger partial charge >= 0.3 is 18.1 Å². The maximum Gasteiger partial charge on any atom is 0.471 e. The van der Waals surface area contributed by atoms with Crippen LogP contribution in [0.1, 0.15) is 43.0 Å². The molecule has 1 aliphatic heterocycles. The lowest BCUT2D eigenvalue weighted by atomic mass is 10.1. The lowest BCUT2D eigenvalue weighted by molar-refractivity contribution is -0.167.